The number of anilines is 1. The van der Waals surface area contributed by atoms with Gasteiger partial charge in [0.1, 0.15) is 5.84 Å². The lowest BCUT2D eigenvalue weighted by atomic mass is 10.0. The van der Waals surface area contributed by atoms with Crippen molar-refractivity contribution in [1.29, 1.82) is 5.41 Å². The number of aryl methyl sites for hydroxylation is 1. The molecule has 1 unspecified atom stereocenters. The van der Waals surface area contributed by atoms with Crippen LogP contribution >= 0.6 is 0 Å². The summed E-state index contributed by atoms with van der Waals surface area (Å²) >= 11 is 0. The van der Waals surface area contributed by atoms with Crippen LogP contribution in [0, 0.1) is 18.3 Å². The normalized spacial score (nSPS) is 12.2. The fourth-order valence-corrected chi connectivity index (χ4v) is 2.07. The smallest absolute Gasteiger partial charge is 0.124 e. The standard InChI is InChI=1S/C14H23N3/c1-5-10(2)9-17(4)13-11(3)7-6-8-12(13)14(15)16/h6-8,10H,5,9H2,1-4H3,(H3,15,16). The van der Waals surface area contributed by atoms with Crippen LogP contribution in [0.3, 0.4) is 0 Å². The molecule has 1 aromatic carbocycles. The molecule has 1 atom stereocenters. The number of rotatable bonds is 5. The van der Waals surface area contributed by atoms with Crippen LogP contribution in [0.5, 0.6) is 0 Å². The van der Waals surface area contributed by atoms with Crippen LogP contribution in [0.15, 0.2) is 18.2 Å². The Balaban J connectivity index is 3.06. The van der Waals surface area contributed by atoms with Gasteiger partial charge >= 0.3 is 0 Å². The van der Waals surface area contributed by atoms with Crippen molar-refractivity contribution in [3.63, 3.8) is 0 Å². The van der Waals surface area contributed by atoms with Gasteiger partial charge in [0.15, 0.2) is 0 Å². The maximum absolute atomic E-state index is 7.64. The van der Waals surface area contributed by atoms with Crippen molar-refractivity contribution in [2.75, 3.05) is 18.5 Å². The Labute approximate surface area is 104 Å². The molecule has 0 aliphatic carbocycles. The minimum Gasteiger partial charge on any atom is -0.384 e. The molecule has 0 aliphatic heterocycles. The van der Waals surface area contributed by atoms with Gasteiger partial charge in [0.05, 0.1) is 5.69 Å². The predicted octanol–water partition coefficient (Wildman–Crippen LogP) is 2.76. The number of nitrogens with one attached hydrogen (secondary N) is 1. The van der Waals surface area contributed by atoms with Gasteiger partial charge in [0.2, 0.25) is 0 Å². The van der Waals surface area contributed by atoms with Gasteiger partial charge < -0.3 is 10.6 Å². The average molecular weight is 233 g/mol. The zero-order valence-electron chi connectivity index (χ0n) is 11.2. The van der Waals surface area contributed by atoms with E-state index in [1.807, 2.05) is 12.1 Å². The van der Waals surface area contributed by atoms with Gasteiger partial charge in [-0.05, 0) is 24.5 Å². The van der Waals surface area contributed by atoms with E-state index in [1.54, 1.807) is 0 Å². The molecule has 3 N–H and O–H groups in total. The molecule has 0 spiro atoms. The molecule has 0 aliphatic rings. The van der Waals surface area contributed by atoms with E-state index in [4.69, 9.17) is 11.1 Å². The Hall–Kier alpha value is -1.51. The highest BCUT2D eigenvalue weighted by Gasteiger charge is 2.13. The topological polar surface area (TPSA) is 53.1 Å². The predicted molar refractivity (Wildman–Crippen MR) is 74.9 cm³/mol. The molecule has 1 aromatic rings. The van der Waals surface area contributed by atoms with Crippen LogP contribution in [-0.2, 0) is 0 Å². The lowest BCUT2D eigenvalue weighted by molar-refractivity contribution is 0.559. The molecule has 0 bridgehead atoms. The second-order valence-electron chi connectivity index (χ2n) is 4.78. The summed E-state index contributed by atoms with van der Waals surface area (Å²) in [7, 11) is 2.07. The second-order valence-corrected chi connectivity index (χ2v) is 4.78. The highest BCUT2D eigenvalue weighted by molar-refractivity contribution is 6.01. The fraction of sp³-hybridized carbons (Fsp3) is 0.500. The molecule has 0 radical (unpaired) electrons. The molecular formula is C14H23N3. The Kier molecular flexibility index (Phi) is 4.55. The molecule has 94 valence electrons. The third-order valence-corrected chi connectivity index (χ3v) is 3.19. The number of nitrogens with zero attached hydrogens (tertiary/aromatic N) is 1. The largest absolute Gasteiger partial charge is 0.384 e. The van der Waals surface area contributed by atoms with E-state index in [0.717, 1.165) is 24.2 Å². The summed E-state index contributed by atoms with van der Waals surface area (Å²) in [5.41, 5.74) is 8.72. The number of amidine groups is 1. The first kappa shape index (κ1) is 13.6. The van der Waals surface area contributed by atoms with E-state index in [1.165, 1.54) is 5.56 Å². The summed E-state index contributed by atoms with van der Waals surface area (Å²) in [5.74, 6) is 0.777. The second kappa shape index (κ2) is 5.71. The molecule has 3 heteroatoms. The Bertz CT molecular complexity index is 398. The highest BCUT2D eigenvalue weighted by Crippen LogP contribution is 2.24. The van der Waals surface area contributed by atoms with Crippen molar-refractivity contribution in [2.24, 2.45) is 11.7 Å². The van der Waals surface area contributed by atoms with Gasteiger partial charge in [0.25, 0.3) is 0 Å². The molecule has 3 nitrogen and oxygen atoms in total. The Morgan fingerprint density at radius 3 is 2.65 bits per heavy atom. The molecule has 0 saturated heterocycles. The maximum Gasteiger partial charge on any atom is 0.124 e. The summed E-state index contributed by atoms with van der Waals surface area (Å²) in [4.78, 5) is 2.21. The van der Waals surface area contributed by atoms with Crippen LogP contribution in [0.25, 0.3) is 0 Å². The summed E-state index contributed by atoms with van der Waals surface area (Å²) in [5, 5.41) is 7.64. The lowest BCUT2D eigenvalue weighted by Crippen LogP contribution is -2.27. The molecule has 1 rings (SSSR count). The maximum atomic E-state index is 7.64. The summed E-state index contributed by atoms with van der Waals surface area (Å²) in [6, 6.07) is 5.93. The molecule has 17 heavy (non-hydrogen) atoms. The van der Waals surface area contributed by atoms with E-state index in [0.29, 0.717) is 5.92 Å². The highest BCUT2D eigenvalue weighted by atomic mass is 15.1. The van der Waals surface area contributed by atoms with Gasteiger partial charge in [-0.3, -0.25) is 5.41 Å². The van der Waals surface area contributed by atoms with Crippen LogP contribution in [-0.4, -0.2) is 19.4 Å². The van der Waals surface area contributed by atoms with E-state index in [-0.39, 0.29) is 5.84 Å². The van der Waals surface area contributed by atoms with Gasteiger partial charge in [0, 0.05) is 19.2 Å². The van der Waals surface area contributed by atoms with Crippen LogP contribution < -0.4 is 10.6 Å². The van der Waals surface area contributed by atoms with Gasteiger partial charge in [-0.2, -0.15) is 0 Å². The van der Waals surface area contributed by atoms with Crippen molar-refractivity contribution in [3.8, 4) is 0 Å². The molecule has 0 amide bonds. The number of hydrogen-bond acceptors (Lipinski definition) is 2. The number of nitrogen functional groups attached to an aromatic ring is 1. The quantitative estimate of drug-likeness (QED) is 0.607. The molecule has 0 fully saturated rings. The first-order valence-corrected chi connectivity index (χ1v) is 6.12. The molecule has 0 aromatic heterocycles. The minimum atomic E-state index is 0.139. The number of benzene rings is 1. The summed E-state index contributed by atoms with van der Waals surface area (Å²) in [6.07, 6.45) is 1.16. The Morgan fingerprint density at radius 1 is 1.47 bits per heavy atom. The van der Waals surface area contributed by atoms with Crippen LogP contribution in [0.2, 0.25) is 0 Å². The SMILES string of the molecule is CCC(C)CN(C)c1c(C)cccc1C(=N)N. The first-order chi connectivity index (χ1) is 7.97. The van der Waals surface area contributed by atoms with E-state index >= 15 is 0 Å². The fourth-order valence-electron chi connectivity index (χ4n) is 2.07. The van der Waals surface area contributed by atoms with Crippen LogP contribution in [0.4, 0.5) is 5.69 Å². The first-order valence-electron chi connectivity index (χ1n) is 6.12. The van der Waals surface area contributed by atoms with Crippen LogP contribution in [0.1, 0.15) is 31.4 Å². The van der Waals surface area contributed by atoms with Gasteiger partial charge in [-0.25, -0.2) is 0 Å². The van der Waals surface area contributed by atoms with Crippen molar-refractivity contribution in [2.45, 2.75) is 27.2 Å². The zero-order chi connectivity index (χ0) is 13.0. The zero-order valence-corrected chi connectivity index (χ0v) is 11.2. The van der Waals surface area contributed by atoms with Gasteiger partial charge in [-0.1, -0.05) is 32.4 Å². The molecule has 0 heterocycles. The monoisotopic (exact) mass is 233 g/mol. The number of para-hydroxylation sites is 1. The summed E-state index contributed by atoms with van der Waals surface area (Å²) < 4.78 is 0. The summed E-state index contributed by atoms with van der Waals surface area (Å²) in [6.45, 7) is 7.49. The third kappa shape index (κ3) is 3.22. The minimum absolute atomic E-state index is 0.139. The molecular weight excluding hydrogens is 210 g/mol. The lowest BCUT2D eigenvalue weighted by Gasteiger charge is -2.26. The average Bonchev–Trinajstić information content (AvgIpc) is 2.28. The van der Waals surface area contributed by atoms with Crippen molar-refractivity contribution < 1.29 is 0 Å². The van der Waals surface area contributed by atoms with Gasteiger partial charge in [-0.15, -0.1) is 0 Å². The van der Waals surface area contributed by atoms with Crippen molar-refractivity contribution in [1.82, 2.24) is 0 Å². The van der Waals surface area contributed by atoms with Crippen molar-refractivity contribution >= 4 is 11.5 Å². The number of nitrogens with two attached hydrogens (primary N) is 1. The van der Waals surface area contributed by atoms with E-state index in [2.05, 4.69) is 38.8 Å². The third-order valence-electron chi connectivity index (χ3n) is 3.19. The number of hydrogen-bond donors (Lipinski definition) is 2. The molecule has 0 saturated carbocycles. The Morgan fingerprint density at radius 2 is 2.12 bits per heavy atom. The van der Waals surface area contributed by atoms with E-state index in [9.17, 15) is 0 Å². The van der Waals surface area contributed by atoms with E-state index < -0.39 is 0 Å². The van der Waals surface area contributed by atoms with Crippen molar-refractivity contribution in [3.05, 3.63) is 29.3 Å².